The fourth-order valence-electron chi connectivity index (χ4n) is 5.48. The van der Waals surface area contributed by atoms with E-state index in [-0.39, 0.29) is 28.3 Å². The second-order valence-electron chi connectivity index (χ2n) is 9.94. The molecule has 36 heavy (non-hydrogen) atoms. The molecule has 0 amide bonds. The van der Waals surface area contributed by atoms with Crippen molar-refractivity contribution in [1.82, 2.24) is 10.3 Å². The molecule has 2 N–H and O–H groups in total. The Hall–Kier alpha value is -3.39. The highest BCUT2D eigenvalue weighted by atomic mass is 19.4. The van der Waals surface area contributed by atoms with Gasteiger partial charge in [0.25, 0.3) is 0 Å². The van der Waals surface area contributed by atoms with Gasteiger partial charge in [-0.3, -0.25) is 0 Å². The van der Waals surface area contributed by atoms with Crippen LogP contribution >= 0.6 is 0 Å². The maximum absolute atomic E-state index is 14.2. The summed E-state index contributed by atoms with van der Waals surface area (Å²) in [6.07, 6.45) is 5.42. The van der Waals surface area contributed by atoms with Gasteiger partial charge in [0.05, 0.1) is 0 Å². The van der Waals surface area contributed by atoms with Crippen molar-refractivity contribution in [2.45, 2.75) is 63.6 Å². The van der Waals surface area contributed by atoms with Gasteiger partial charge in [0.1, 0.15) is 11.3 Å². The molecule has 0 aliphatic heterocycles. The third-order valence-electron chi connectivity index (χ3n) is 7.16. The Morgan fingerprint density at radius 1 is 1.19 bits per heavy atom. The molecule has 2 aliphatic rings. The Kier molecular flexibility index (Phi) is 6.03. The van der Waals surface area contributed by atoms with E-state index >= 15 is 0 Å². The number of alkyl halides is 3. The van der Waals surface area contributed by atoms with Crippen LogP contribution in [0.15, 0.2) is 58.1 Å². The molecule has 0 radical (unpaired) electrons. The minimum Gasteiger partial charge on any atom is -0.355 e. The number of aryl methyl sites for hydroxylation is 1. The zero-order chi connectivity index (χ0) is 25.7. The van der Waals surface area contributed by atoms with Crippen LogP contribution in [0, 0.1) is 0 Å². The summed E-state index contributed by atoms with van der Waals surface area (Å²) in [4.78, 5) is 0. The van der Waals surface area contributed by atoms with Crippen LogP contribution in [0.4, 0.5) is 13.2 Å². The van der Waals surface area contributed by atoms with Gasteiger partial charge in [-0.05, 0) is 63.0 Å². The number of allylic oxidation sites excluding steroid dienone is 5. The maximum atomic E-state index is 14.2. The van der Waals surface area contributed by atoms with Gasteiger partial charge in [-0.25, -0.2) is 0 Å². The predicted molar refractivity (Wildman–Crippen MR) is 132 cm³/mol. The average molecular weight is 496 g/mol. The molecule has 2 atom stereocenters. The lowest BCUT2D eigenvalue weighted by Gasteiger charge is -2.20. The highest BCUT2D eigenvalue weighted by molar-refractivity contribution is 5.81. The molecule has 0 spiro atoms. The quantitative estimate of drug-likeness (QED) is 0.377. The molecule has 0 bridgehead atoms. The van der Waals surface area contributed by atoms with Gasteiger partial charge in [0, 0.05) is 22.2 Å². The van der Waals surface area contributed by atoms with Crippen molar-refractivity contribution in [2.75, 3.05) is 0 Å². The summed E-state index contributed by atoms with van der Waals surface area (Å²) >= 11 is 0. The van der Waals surface area contributed by atoms with E-state index < -0.39 is 11.7 Å². The van der Waals surface area contributed by atoms with Gasteiger partial charge in [-0.1, -0.05) is 59.4 Å². The topological polar surface area (TPSA) is 78.1 Å². The lowest BCUT2D eigenvalue weighted by atomic mass is 9.84. The van der Waals surface area contributed by atoms with Crippen molar-refractivity contribution in [2.24, 2.45) is 5.73 Å². The summed E-state index contributed by atoms with van der Waals surface area (Å²) in [5, 5.41) is 7.99. The van der Waals surface area contributed by atoms with Crippen LogP contribution in [0.1, 0.15) is 67.0 Å². The zero-order valence-electron chi connectivity index (χ0n) is 20.3. The number of halogens is 3. The first kappa shape index (κ1) is 24.3. The maximum Gasteiger partial charge on any atom is 0.422 e. The fraction of sp³-hybridized carbons (Fsp3) is 0.357. The van der Waals surface area contributed by atoms with E-state index in [1.54, 1.807) is 13.0 Å². The molecule has 1 saturated carbocycles. The average Bonchev–Trinajstić information content (AvgIpc) is 3.54. The Morgan fingerprint density at radius 2 is 1.97 bits per heavy atom. The third kappa shape index (κ3) is 4.23. The number of benzene rings is 1. The minimum absolute atomic E-state index is 0.00447. The molecular formula is C28H28F3N3O2. The van der Waals surface area contributed by atoms with Crippen molar-refractivity contribution in [3.63, 3.8) is 0 Å². The van der Waals surface area contributed by atoms with Gasteiger partial charge < -0.3 is 14.8 Å². The van der Waals surface area contributed by atoms with Gasteiger partial charge in [-0.15, -0.1) is 0 Å². The van der Waals surface area contributed by atoms with Gasteiger partial charge in [-0.2, -0.15) is 13.2 Å². The van der Waals surface area contributed by atoms with E-state index in [4.69, 9.17) is 14.8 Å². The predicted octanol–water partition coefficient (Wildman–Crippen LogP) is 7.24. The van der Waals surface area contributed by atoms with Crippen LogP contribution in [0.5, 0.6) is 0 Å². The second kappa shape index (κ2) is 8.92. The molecule has 2 aliphatic carbocycles. The number of fused-ring (bicyclic) bond motifs is 3. The standard InChI is InChI=1S/C28H28F3N3O2/c1-4-6-16(7-5-2)25-22(28(29,30)31)24(34-35-25)26-21-11-9-18-14-17(19-12-13-27(3,32)15-19)8-10-20(18)23(21)33-36-26/h4-8,10,14,19H,1,9,11-13,15,32H2,2-3H3/b7-5-,16-6+. The number of nitrogens with zero attached hydrogens (tertiary/aromatic N) is 2. The van der Waals surface area contributed by atoms with Crippen molar-refractivity contribution < 1.29 is 22.2 Å². The number of hydrogen-bond acceptors (Lipinski definition) is 5. The smallest absolute Gasteiger partial charge is 0.355 e. The Morgan fingerprint density at radius 3 is 2.64 bits per heavy atom. The first-order chi connectivity index (χ1) is 17.1. The van der Waals surface area contributed by atoms with E-state index in [1.165, 1.54) is 23.8 Å². The summed E-state index contributed by atoms with van der Waals surface area (Å²) in [5.74, 6) is 0.0255. The fourth-order valence-corrected chi connectivity index (χ4v) is 5.48. The van der Waals surface area contributed by atoms with Crippen LogP contribution in [0.3, 0.4) is 0 Å². The Labute approximate surface area is 207 Å². The molecule has 2 unspecified atom stereocenters. The SMILES string of the molecule is C=C/C=C(\C=C/C)c1onc(-c2onc3c2CCc2cc(C4CCC(C)(N)C4)ccc2-3)c1C(F)(F)F. The molecule has 8 heteroatoms. The van der Waals surface area contributed by atoms with Gasteiger partial charge in [0.15, 0.2) is 17.2 Å². The summed E-state index contributed by atoms with van der Waals surface area (Å²) in [5.41, 5.74) is 9.44. The monoisotopic (exact) mass is 495 g/mol. The van der Waals surface area contributed by atoms with Crippen molar-refractivity contribution in [1.29, 1.82) is 0 Å². The van der Waals surface area contributed by atoms with Crippen molar-refractivity contribution in [3.8, 4) is 22.7 Å². The molecule has 1 fully saturated rings. The lowest BCUT2D eigenvalue weighted by Crippen LogP contribution is -2.32. The molecule has 2 heterocycles. The first-order valence-corrected chi connectivity index (χ1v) is 12.1. The second-order valence-corrected chi connectivity index (χ2v) is 9.94. The summed E-state index contributed by atoms with van der Waals surface area (Å²) < 4.78 is 53.5. The van der Waals surface area contributed by atoms with Crippen LogP contribution in [0.25, 0.3) is 28.3 Å². The molecule has 2 aromatic heterocycles. The number of nitrogens with two attached hydrogens (primary N) is 1. The van der Waals surface area contributed by atoms with E-state index in [0.717, 1.165) is 30.4 Å². The van der Waals surface area contributed by atoms with E-state index in [2.05, 4.69) is 35.9 Å². The molecule has 3 aromatic rings. The van der Waals surface area contributed by atoms with Crippen LogP contribution < -0.4 is 5.73 Å². The number of rotatable bonds is 5. The Bertz CT molecular complexity index is 1380. The zero-order valence-corrected chi connectivity index (χ0v) is 20.3. The van der Waals surface area contributed by atoms with Crippen molar-refractivity contribution >= 4 is 5.57 Å². The minimum atomic E-state index is -4.72. The van der Waals surface area contributed by atoms with Crippen LogP contribution in [0.2, 0.25) is 0 Å². The number of hydrogen-bond donors (Lipinski definition) is 1. The van der Waals surface area contributed by atoms with Crippen LogP contribution in [-0.4, -0.2) is 15.9 Å². The molecule has 188 valence electrons. The van der Waals surface area contributed by atoms with E-state index in [1.807, 2.05) is 6.07 Å². The Balaban J connectivity index is 1.56. The van der Waals surface area contributed by atoms with Crippen LogP contribution in [-0.2, 0) is 19.0 Å². The van der Waals surface area contributed by atoms with Gasteiger partial charge in [0.2, 0.25) is 0 Å². The molecule has 5 nitrogen and oxygen atoms in total. The van der Waals surface area contributed by atoms with Crippen molar-refractivity contribution in [3.05, 3.63) is 77.1 Å². The molecule has 1 aromatic carbocycles. The number of aromatic nitrogens is 2. The lowest BCUT2D eigenvalue weighted by molar-refractivity contribution is -0.137. The summed E-state index contributed by atoms with van der Waals surface area (Å²) in [6, 6.07) is 6.27. The highest BCUT2D eigenvalue weighted by Crippen LogP contribution is 2.46. The molecule has 0 saturated heterocycles. The van der Waals surface area contributed by atoms with E-state index in [9.17, 15) is 13.2 Å². The van der Waals surface area contributed by atoms with E-state index in [0.29, 0.717) is 30.0 Å². The van der Waals surface area contributed by atoms with Gasteiger partial charge >= 0.3 is 6.18 Å². The highest BCUT2D eigenvalue weighted by Gasteiger charge is 2.43. The normalized spacial score (nSPS) is 22.2. The molecular weight excluding hydrogens is 467 g/mol. The molecule has 5 rings (SSSR count). The third-order valence-corrected chi connectivity index (χ3v) is 7.16. The summed E-state index contributed by atoms with van der Waals surface area (Å²) in [6.45, 7) is 7.38. The summed E-state index contributed by atoms with van der Waals surface area (Å²) in [7, 11) is 0. The largest absolute Gasteiger partial charge is 0.422 e. The first-order valence-electron chi connectivity index (χ1n) is 12.1.